The van der Waals surface area contributed by atoms with Crippen LogP contribution in [0.25, 0.3) is 11.3 Å². The number of hydrogen-bond donors (Lipinski definition) is 1. The van der Waals surface area contributed by atoms with Gasteiger partial charge in [0.25, 0.3) is 0 Å². The van der Waals surface area contributed by atoms with Gasteiger partial charge in [-0.2, -0.15) is 0 Å². The maximum absolute atomic E-state index is 12.1. The van der Waals surface area contributed by atoms with E-state index in [0.29, 0.717) is 31.2 Å². The predicted molar refractivity (Wildman–Crippen MR) is 109 cm³/mol. The first-order valence-electron chi connectivity index (χ1n) is 8.91. The Morgan fingerprint density at radius 2 is 1.85 bits per heavy atom. The van der Waals surface area contributed by atoms with Gasteiger partial charge in [-0.05, 0) is 37.6 Å². The lowest BCUT2D eigenvalue weighted by Gasteiger charge is -2.07. The molecule has 6 heteroatoms. The van der Waals surface area contributed by atoms with E-state index in [4.69, 9.17) is 9.47 Å². The Morgan fingerprint density at radius 1 is 1.07 bits per heavy atom. The van der Waals surface area contributed by atoms with Crippen molar-refractivity contribution in [1.82, 2.24) is 4.98 Å². The summed E-state index contributed by atoms with van der Waals surface area (Å²) in [7, 11) is 0. The van der Waals surface area contributed by atoms with Crippen molar-refractivity contribution in [2.24, 2.45) is 0 Å². The normalized spacial score (nSPS) is 10.4. The second-order valence-corrected chi connectivity index (χ2v) is 6.64. The number of benzene rings is 2. The summed E-state index contributed by atoms with van der Waals surface area (Å²) in [5.41, 5.74) is 1.72. The Hall–Kier alpha value is -2.86. The van der Waals surface area contributed by atoms with Crippen LogP contribution in [0.1, 0.15) is 19.8 Å². The van der Waals surface area contributed by atoms with Gasteiger partial charge in [0, 0.05) is 17.4 Å². The van der Waals surface area contributed by atoms with Gasteiger partial charge in [0.15, 0.2) is 5.13 Å². The van der Waals surface area contributed by atoms with Gasteiger partial charge in [0.2, 0.25) is 5.91 Å². The molecule has 140 valence electrons. The molecule has 0 saturated heterocycles. The van der Waals surface area contributed by atoms with Crippen molar-refractivity contribution in [2.45, 2.75) is 19.8 Å². The standard InChI is InChI=1S/C21H22N2O3S/c1-2-25-19-12-7-6-11-17(19)18-15-27-21(22-18)23-20(24)13-8-14-26-16-9-4-3-5-10-16/h3-7,9-12,15H,2,8,13-14H2,1H3,(H,22,23,24). The Bertz CT molecular complexity index is 865. The third-order valence-corrected chi connectivity index (χ3v) is 4.53. The number of amides is 1. The highest BCUT2D eigenvalue weighted by molar-refractivity contribution is 7.14. The van der Waals surface area contributed by atoms with E-state index in [1.807, 2.05) is 66.9 Å². The zero-order valence-electron chi connectivity index (χ0n) is 15.2. The number of para-hydroxylation sites is 2. The van der Waals surface area contributed by atoms with Crippen LogP contribution in [0.15, 0.2) is 60.0 Å². The van der Waals surface area contributed by atoms with E-state index in [2.05, 4.69) is 10.3 Å². The number of nitrogens with zero attached hydrogens (tertiary/aromatic N) is 1. The van der Waals surface area contributed by atoms with Gasteiger partial charge >= 0.3 is 0 Å². The molecule has 1 amide bonds. The molecule has 1 heterocycles. The summed E-state index contributed by atoms with van der Waals surface area (Å²) in [4.78, 5) is 16.6. The quantitative estimate of drug-likeness (QED) is 0.529. The van der Waals surface area contributed by atoms with Crippen LogP contribution in [0.3, 0.4) is 0 Å². The molecule has 1 aromatic heterocycles. The number of anilines is 1. The van der Waals surface area contributed by atoms with Crippen LogP contribution in [-0.2, 0) is 4.79 Å². The minimum atomic E-state index is -0.0642. The monoisotopic (exact) mass is 382 g/mol. The van der Waals surface area contributed by atoms with Gasteiger partial charge in [0.1, 0.15) is 11.5 Å². The SMILES string of the molecule is CCOc1ccccc1-c1csc(NC(=O)CCCOc2ccccc2)n1. The Morgan fingerprint density at radius 3 is 2.67 bits per heavy atom. The molecule has 2 aromatic carbocycles. The lowest BCUT2D eigenvalue weighted by molar-refractivity contribution is -0.116. The average Bonchev–Trinajstić information content (AvgIpc) is 3.15. The van der Waals surface area contributed by atoms with Crippen molar-refractivity contribution in [3.05, 3.63) is 60.0 Å². The first-order valence-corrected chi connectivity index (χ1v) is 9.79. The van der Waals surface area contributed by atoms with E-state index < -0.39 is 0 Å². The van der Waals surface area contributed by atoms with E-state index in [1.165, 1.54) is 11.3 Å². The molecule has 5 nitrogen and oxygen atoms in total. The Balaban J connectivity index is 1.49. The molecule has 0 aliphatic rings. The number of hydrogen-bond acceptors (Lipinski definition) is 5. The predicted octanol–water partition coefficient (Wildman–Crippen LogP) is 5.01. The summed E-state index contributed by atoms with van der Waals surface area (Å²) in [5.74, 6) is 1.54. The minimum Gasteiger partial charge on any atom is -0.494 e. The lowest BCUT2D eigenvalue weighted by Crippen LogP contribution is -2.12. The van der Waals surface area contributed by atoms with Crippen LogP contribution in [0, 0.1) is 0 Å². The molecule has 3 aromatic rings. The third-order valence-electron chi connectivity index (χ3n) is 3.77. The van der Waals surface area contributed by atoms with Gasteiger partial charge in [0.05, 0.1) is 18.9 Å². The lowest BCUT2D eigenvalue weighted by atomic mass is 10.1. The fourth-order valence-electron chi connectivity index (χ4n) is 2.54. The number of aromatic nitrogens is 1. The summed E-state index contributed by atoms with van der Waals surface area (Å²) < 4.78 is 11.2. The maximum atomic E-state index is 12.1. The molecular weight excluding hydrogens is 360 g/mol. The van der Waals surface area contributed by atoms with Crippen LogP contribution in [0.4, 0.5) is 5.13 Å². The summed E-state index contributed by atoms with van der Waals surface area (Å²) in [5, 5.41) is 5.37. The molecule has 0 radical (unpaired) electrons. The van der Waals surface area contributed by atoms with Crippen molar-refractivity contribution in [3.63, 3.8) is 0 Å². The minimum absolute atomic E-state index is 0.0642. The number of rotatable bonds is 9. The van der Waals surface area contributed by atoms with Crippen molar-refractivity contribution in [3.8, 4) is 22.8 Å². The zero-order chi connectivity index (χ0) is 18.9. The fourth-order valence-corrected chi connectivity index (χ4v) is 3.26. The molecule has 0 unspecified atom stereocenters. The Labute approximate surface area is 163 Å². The van der Waals surface area contributed by atoms with E-state index in [0.717, 1.165) is 22.8 Å². The fraction of sp³-hybridized carbons (Fsp3) is 0.238. The van der Waals surface area contributed by atoms with Crippen molar-refractivity contribution < 1.29 is 14.3 Å². The highest BCUT2D eigenvalue weighted by Crippen LogP contribution is 2.32. The van der Waals surface area contributed by atoms with E-state index in [9.17, 15) is 4.79 Å². The van der Waals surface area contributed by atoms with Crippen LogP contribution in [0.2, 0.25) is 0 Å². The van der Waals surface area contributed by atoms with Gasteiger partial charge in [-0.25, -0.2) is 4.98 Å². The van der Waals surface area contributed by atoms with Gasteiger partial charge < -0.3 is 14.8 Å². The van der Waals surface area contributed by atoms with Gasteiger partial charge in [-0.3, -0.25) is 4.79 Å². The molecule has 0 bridgehead atoms. The van der Waals surface area contributed by atoms with E-state index in [1.54, 1.807) is 0 Å². The highest BCUT2D eigenvalue weighted by atomic mass is 32.1. The number of ether oxygens (including phenoxy) is 2. The first-order chi connectivity index (χ1) is 13.3. The van der Waals surface area contributed by atoms with Gasteiger partial charge in [-0.1, -0.05) is 30.3 Å². The highest BCUT2D eigenvalue weighted by Gasteiger charge is 2.11. The van der Waals surface area contributed by atoms with Crippen molar-refractivity contribution in [2.75, 3.05) is 18.5 Å². The van der Waals surface area contributed by atoms with E-state index >= 15 is 0 Å². The second-order valence-electron chi connectivity index (χ2n) is 5.78. The summed E-state index contributed by atoms with van der Waals surface area (Å²) in [6, 6.07) is 17.3. The van der Waals surface area contributed by atoms with Gasteiger partial charge in [-0.15, -0.1) is 11.3 Å². The third kappa shape index (κ3) is 5.56. The average molecular weight is 382 g/mol. The molecule has 3 rings (SSSR count). The topological polar surface area (TPSA) is 60.5 Å². The number of carbonyl (C=O) groups excluding carboxylic acids is 1. The maximum Gasteiger partial charge on any atom is 0.226 e. The van der Waals surface area contributed by atoms with E-state index in [-0.39, 0.29) is 5.91 Å². The van der Waals surface area contributed by atoms with Crippen LogP contribution in [-0.4, -0.2) is 24.1 Å². The summed E-state index contributed by atoms with van der Waals surface area (Å²) in [6.45, 7) is 3.04. The first kappa shape index (κ1) is 18.9. The molecule has 0 fully saturated rings. The second kappa shape index (κ2) is 9.73. The smallest absolute Gasteiger partial charge is 0.226 e. The van der Waals surface area contributed by atoms with Crippen molar-refractivity contribution in [1.29, 1.82) is 0 Å². The van der Waals surface area contributed by atoms with Crippen molar-refractivity contribution >= 4 is 22.4 Å². The Kier molecular flexibility index (Phi) is 6.82. The van der Waals surface area contributed by atoms with Crippen LogP contribution >= 0.6 is 11.3 Å². The largest absolute Gasteiger partial charge is 0.494 e. The van der Waals surface area contributed by atoms with Crippen LogP contribution < -0.4 is 14.8 Å². The number of carbonyl (C=O) groups is 1. The molecule has 0 spiro atoms. The van der Waals surface area contributed by atoms with Crippen LogP contribution in [0.5, 0.6) is 11.5 Å². The molecule has 0 aliphatic heterocycles. The number of thiazole rings is 1. The molecule has 0 atom stereocenters. The molecule has 27 heavy (non-hydrogen) atoms. The zero-order valence-corrected chi connectivity index (χ0v) is 16.0. The summed E-state index contributed by atoms with van der Waals surface area (Å²) in [6.07, 6.45) is 1.03. The molecule has 0 aliphatic carbocycles. The molecule has 0 saturated carbocycles. The molecule has 1 N–H and O–H groups in total. The molecular formula is C21H22N2O3S. The summed E-state index contributed by atoms with van der Waals surface area (Å²) >= 11 is 1.41. The number of nitrogens with one attached hydrogen (secondary N) is 1.